The number of ether oxygens (including phenoxy) is 5. The molecule has 0 saturated carbocycles. The van der Waals surface area contributed by atoms with Crippen LogP contribution in [0.3, 0.4) is 0 Å². The standard InChI is InChI=1S/C26H21F7O3.C11H12F2O3.C7H4F2O/c1-2-3-13-4-21(31)25(22(32)5-13)34-10-14-11-35-26(36-12-14)16-8-17(27)23(18(28)9-16)15-6-19(29)24(33)20(30)7-15;12-9-1-8(2-10(13)3-9)11-15-5-7(4-14)6-16-11;8-6-1-5(4-10)2-7(9)3-6/h4-9,14,26H,2-3,10-12H2,1H3;1-3,7,11,14H,4-6H2;1-4H. The van der Waals surface area contributed by atoms with Gasteiger partial charge in [0, 0.05) is 40.7 Å². The number of benzene rings is 5. The maximum absolute atomic E-state index is 14.7. The Bertz CT molecular complexity index is 2200. The molecular formula is C44H37F11O7. The molecule has 2 saturated heterocycles. The molecule has 2 aliphatic heterocycles. The minimum Gasteiger partial charge on any atom is -0.487 e. The van der Waals surface area contributed by atoms with Crippen LogP contribution in [0.15, 0.2) is 72.8 Å². The topological polar surface area (TPSA) is 83.5 Å². The van der Waals surface area contributed by atoms with Crippen LogP contribution < -0.4 is 4.74 Å². The zero-order chi connectivity index (χ0) is 45.1. The highest BCUT2D eigenvalue weighted by atomic mass is 19.2. The summed E-state index contributed by atoms with van der Waals surface area (Å²) in [6.07, 6.45) is -0.265. The molecular weight excluding hydrogens is 849 g/mol. The molecule has 2 aliphatic rings. The molecule has 5 aromatic carbocycles. The van der Waals surface area contributed by atoms with E-state index in [0.717, 1.165) is 36.8 Å². The van der Waals surface area contributed by atoms with Crippen molar-refractivity contribution in [3.63, 3.8) is 0 Å². The molecule has 2 heterocycles. The minimum atomic E-state index is -1.75. The number of aliphatic hydroxyl groups is 1. The number of aryl methyl sites for hydroxylation is 1. The van der Waals surface area contributed by atoms with Crippen molar-refractivity contribution < 1.29 is 81.9 Å². The predicted octanol–water partition coefficient (Wildman–Crippen LogP) is 10.4. The quantitative estimate of drug-likeness (QED) is 0.0850. The molecule has 0 aliphatic carbocycles. The first kappa shape index (κ1) is 47.6. The molecule has 2 fully saturated rings. The smallest absolute Gasteiger partial charge is 0.194 e. The predicted molar refractivity (Wildman–Crippen MR) is 199 cm³/mol. The Morgan fingerprint density at radius 3 is 1.48 bits per heavy atom. The zero-order valence-electron chi connectivity index (χ0n) is 32.5. The Hall–Kier alpha value is -5.40. The van der Waals surface area contributed by atoms with Crippen LogP contribution in [0, 0.1) is 75.8 Å². The van der Waals surface area contributed by atoms with Crippen LogP contribution in [0.4, 0.5) is 48.3 Å². The van der Waals surface area contributed by atoms with Gasteiger partial charge in [-0.3, -0.25) is 4.79 Å². The maximum Gasteiger partial charge on any atom is 0.194 e. The average Bonchev–Trinajstić information content (AvgIpc) is 3.22. The fraction of sp³-hybridized carbons (Fsp3) is 0.295. The van der Waals surface area contributed by atoms with Crippen LogP contribution in [-0.2, 0) is 25.4 Å². The number of hydrogen-bond acceptors (Lipinski definition) is 7. The van der Waals surface area contributed by atoms with Crippen LogP contribution >= 0.6 is 0 Å². The lowest BCUT2D eigenvalue weighted by atomic mass is 10.0. The van der Waals surface area contributed by atoms with Gasteiger partial charge in [-0.15, -0.1) is 0 Å². The van der Waals surface area contributed by atoms with Gasteiger partial charge in [0.1, 0.15) is 41.2 Å². The van der Waals surface area contributed by atoms with Crippen molar-refractivity contribution in [3.05, 3.63) is 159 Å². The summed E-state index contributed by atoms with van der Waals surface area (Å²) in [5.74, 6) is -12.7. The normalized spacial score (nSPS) is 18.5. The van der Waals surface area contributed by atoms with E-state index < -0.39 is 99.4 Å². The fourth-order valence-corrected chi connectivity index (χ4v) is 6.12. The van der Waals surface area contributed by atoms with Gasteiger partial charge < -0.3 is 28.8 Å². The third kappa shape index (κ3) is 12.8. The van der Waals surface area contributed by atoms with Crippen molar-refractivity contribution in [2.75, 3.05) is 39.6 Å². The van der Waals surface area contributed by atoms with Gasteiger partial charge in [0.2, 0.25) is 0 Å². The summed E-state index contributed by atoms with van der Waals surface area (Å²) >= 11 is 0. The minimum absolute atomic E-state index is 0.00119. The van der Waals surface area contributed by atoms with Gasteiger partial charge in [0.05, 0.1) is 45.2 Å². The van der Waals surface area contributed by atoms with Crippen LogP contribution in [0.5, 0.6) is 5.75 Å². The van der Waals surface area contributed by atoms with E-state index in [-0.39, 0.29) is 43.5 Å². The summed E-state index contributed by atoms with van der Waals surface area (Å²) < 4.78 is 175. The molecule has 332 valence electrons. The molecule has 7 rings (SSSR count). The van der Waals surface area contributed by atoms with Crippen molar-refractivity contribution in [1.82, 2.24) is 0 Å². The Labute approximate surface area is 347 Å². The second-order valence-electron chi connectivity index (χ2n) is 14.0. The summed E-state index contributed by atoms with van der Waals surface area (Å²) in [6.45, 7) is 2.38. The van der Waals surface area contributed by atoms with Gasteiger partial charge >= 0.3 is 0 Å². The molecule has 0 spiro atoms. The molecule has 18 heteroatoms. The summed E-state index contributed by atoms with van der Waals surface area (Å²) in [4.78, 5) is 9.98. The highest BCUT2D eigenvalue weighted by molar-refractivity contribution is 5.74. The SMILES string of the molecule is CCCc1cc(F)c(OCC2COC(c3cc(F)c(-c4cc(F)c(F)c(F)c4)c(F)c3)OC2)c(F)c1.O=Cc1cc(F)cc(F)c1.OCC1COC(c2cc(F)cc(F)c2)OC1. The molecule has 0 unspecified atom stereocenters. The lowest BCUT2D eigenvalue weighted by molar-refractivity contribution is -0.209. The van der Waals surface area contributed by atoms with E-state index in [9.17, 15) is 53.1 Å². The lowest BCUT2D eigenvalue weighted by Crippen LogP contribution is -2.31. The molecule has 62 heavy (non-hydrogen) atoms. The van der Waals surface area contributed by atoms with Gasteiger partial charge in [0.25, 0.3) is 0 Å². The second kappa shape index (κ2) is 22.1. The first-order valence-electron chi connectivity index (χ1n) is 18.8. The molecule has 5 aromatic rings. The van der Waals surface area contributed by atoms with E-state index in [1.807, 2.05) is 6.92 Å². The number of aliphatic hydroxyl groups excluding tert-OH is 1. The highest BCUT2D eigenvalue weighted by Crippen LogP contribution is 2.34. The molecule has 7 nitrogen and oxygen atoms in total. The Morgan fingerprint density at radius 1 is 0.581 bits per heavy atom. The van der Waals surface area contributed by atoms with Crippen molar-refractivity contribution in [2.45, 2.75) is 32.3 Å². The maximum atomic E-state index is 14.7. The van der Waals surface area contributed by atoms with E-state index in [2.05, 4.69) is 0 Å². The number of hydrogen-bond donors (Lipinski definition) is 1. The number of carbonyl (C=O) groups excluding carboxylic acids is 1. The largest absolute Gasteiger partial charge is 0.487 e. The number of halogens is 11. The van der Waals surface area contributed by atoms with Crippen LogP contribution in [-0.4, -0.2) is 51.0 Å². The molecule has 1 N–H and O–H groups in total. The first-order chi connectivity index (χ1) is 29.6. The van der Waals surface area contributed by atoms with Gasteiger partial charge in [-0.2, -0.15) is 0 Å². The third-order valence-electron chi connectivity index (χ3n) is 9.04. The third-order valence-corrected chi connectivity index (χ3v) is 9.04. The van der Waals surface area contributed by atoms with Crippen molar-refractivity contribution >= 4 is 6.29 Å². The molecule has 0 bridgehead atoms. The Balaban J connectivity index is 0.000000227. The van der Waals surface area contributed by atoms with Crippen molar-refractivity contribution in [2.24, 2.45) is 11.8 Å². The highest BCUT2D eigenvalue weighted by Gasteiger charge is 2.28. The second-order valence-corrected chi connectivity index (χ2v) is 14.0. The van der Waals surface area contributed by atoms with E-state index in [4.69, 9.17) is 28.8 Å². The number of rotatable bonds is 10. The zero-order valence-corrected chi connectivity index (χ0v) is 32.5. The van der Waals surface area contributed by atoms with E-state index in [0.29, 0.717) is 55.2 Å². The average molecular weight is 887 g/mol. The summed E-state index contributed by atoms with van der Waals surface area (Å²) in [7, 11) is 0. The summed E-state index contributed by atoms with van der Waals surface area (Å²) in [5.41, 5.74) is -0.455. The van der Waals surface area contributed by atoms with Crippen LogP contribution in [0.25, 0.3) is 11.1 Å². The fourth-order valence-electron chi connectivity index (χ4n) is 6.12. The Morgan fingerprint density at radius 2 is 1.03 bits per heavy atom. The van der Waals surface area contributed by atoms with Gasteiger partial charge in [-0.1, -0.05) is 13.3 Å². The molecule has 0 atom stereocenters. The van der Waals surface area contributed by atoms with Crippen molar-refractivity contribution in [1.29, 1.82) is 0 Å². The first-order valence-corrected chi connectivity index (χ1v) is 18.8. The number of carbonyl (C=O) groups is 1. The van der Waals surface area contributed by atoms with Gasteiger partial charge in [-0.05, 0) is 78.2 Å². The number of aldehydes is 1. The lowest BCUT2D eigenvalue weighted by Gasteiger charge is -2.29. The van der Waals surface area contributed by atoms with Gasteiger partial charge in [-0.25, -0.2) is 48.3 Å². The summed E-state index contributed by atoms with van der Waals surface area (Å²) in [6, 6.07) is 11.0. The van der Waals surface area contributed by atoms with Crippen molar-refractivity contribution in [3.8, 4) is 16.9 Å². The van der Waals surface area contributed by atoms with Crippen LogP contribution in [0.2, 0.25) is 0 Å². The molecule has 0 radical (unpaired) electrons. The van der Waals surface area contributed by atoms with E-state index in [1.165, 1.54) is 24.3 Å². The summed E-state index contributed by atoms with van der Waals surface area (Å²) in [5, 5.41) is 8.86. The van der Waals surface area contributed by atoms with Crippen LogP contribution in [0.1, 0.15) is 53.0 Å². The van der Waals surface area contributed by atoms with E-state index in [1.54, 1.807) is 0 Å². The molecule has 0 amide bonds. The van der Waals surface area contributed by atoms with E-state index >= 15 is 0 Å². The molecule has 0 aromatic heterocycles. The monoisotopic (exact) mass is 886 g/mol. The Kier molecular flexibility index (Phi) is 17.0. The van der Waals surface area contributed by atoms with Gasteiger partial charge in [0.15, 0.2) is 47.4 Å².